The van der Waals surface area contributed by atoms with E-state index in [1.54, 1.807) is 0 Å². The maximum atomic E-state index is 4.73. The molecule has 2 aliphatic heterocycles. The van der Waals surface area contributed by atoms with Crippen molar-refractivity contribution < 1.29 is 0 Å². The summed E-state index contributed by atoms with van der Waals surface area (Å²) in [5.41, 5.74) is 2.85. The van der Waals surface area contributed by atoms with Crippen molar-refractivity contribution in [2.24, 2.45) is 0 Å². The SMILES string of the molecule is Cc1cc(N2CCCC2)ncc1[C@H]1CCCCN1C. The van der Waals surface area contributed by atoms with Crippen molar-refractivity contribution >= 4 is 5.82 Å². The van der Waals surface area contributed by atoms with Gasteiger partial charge in [-0.2, -0.15) is 0 Å². The summed E-state index contributed by atoms with van der Waals surface area (Å²) >= 11 is 0. The van der Waals surface area contributed by atoms with Crippen molar-refractivity contribution in [2.45, 2.75) is 45.1 Å². The van der Waals surface area contributed by atoms with E-state index in [4.69, 9.17) is 4.98 Å². The third-order valence-corrected chi connectivity index (χ3v) is 4.70. The maximum absolute atomic E-state index is 4.73. The van der Waals surface area contributed by atoms with Crippen molar-refractivity contribution in [1.82, 2.24) is 9.88 Å². The molecule has 0 bridgehead atoms. The summed E-state index contributed by atoms with van der Waals surface area (Å²) in [6.45, 7) is 5.82. The van der Waals surface area contributed by atoms with Crippen molar-refractivity contribution in [1.29, 1.82) is 0 Å². The van der Waals surface area contributed by atoms with Gasteiger partial charge < -0.3 is 4.90 Å². The van der Waals surface area contributed by atoms with Crippen molar-refractivity contribution in [3.8, 4) is 0 Å². The van der Waals surface area contributed by atoms with Gasteiger partial charge in [0.1, 0.15) is 5.82 Å². The third kappa shape index (κ3) is 2.62. The summed E-state index contributed by atoms with van der Waals surface area (Å²) in [4.78, 5) is 9.64. The Hall–Kier alpha value is -1.09. The van der Waals surface area contributed by atoms with Crippen LogP contribution in [0.5, 0.6) is 0 Å². The van der Waals surface area contributed by atoms with E-state index in [0.29, 0.717) is 6.04 Å². The predicted molar refractivity (Wildman–Crippen MR) is 79.6 cm³/mol. The number of hydrogen-bond acceptors (Lipinski definition) is 3. The van der Waals surface area contributed by atoms with Crippen LogP contribution in [0.1, 0.15) is 49.3 Å². The summed E-state index contributed by atoms with van der Waals surface area (Å²) in [5.74, 6) is 1.18. The molecule has 2 aliphatic rings. The molecular formula is C16H25N3. The number of hydrogen-bond donors (Lipinski definition) is 0. The molecule has 0 N–H and O–H groups in total. The lowest BCUT2D eigenvalue weighted by molar-refractivity contribution is 0.186. The molecule has 0 aromatic carbocycles. The van der Waals surface area contributed by atoms with Crippen LogP contribution in [0.2, 0.25) is 0 Å². The molecule has 0 radical (unpaired) electrons. The van der Waals surface area contributed by atoms with Crippen LogP contribution in [0.15, 0.2) is 12.3 Å². The van der Waals surface area contributed by atoms with Gasteiger partial charge in [0.05, 0.1) is 0 Å². The number of anilines is 1. The zero-order chi connectivity index (χ0) is 13.2. The minimum Gasteiger partial charge on any atom is -0.357 e. The molecule has 3 heteroatoms. The van der Waals surface area contributed by atoms with E-state index < -0.39 is 0 Å². The van der Waals surface area contributed by atoms with Gasteiger partial charge in [-0.05, 0) is 63.4 Å². The number of aryl methyl sites for hydroxylation is 1. The van der Waals surface area contributed by atoms with Crippen molar-refractivity contribution in [2.75, 3.05) is 31.6 Å². The molecule has 2 saturated heterocycles. The average molecular weight is 259 g/mol. The summed E-state index contributed by atoms with van der Waals surface area (Å²) in [6.07, 6.45) is 8.73. The number of aromatic nitrogens is 1. The number of pyridine rings is 1. The highest BCUT2D eigenvalue weighted by Crippen LogP contribution is 2.32. The Labute approximate surface area is 116 Å². The van der Waals surface area contributed by atoms with Crippen LogP contribution in [0.4, 0.5) is 5.82 Å². The molecule has 3 nitrogen and oxygen atoms in total. The summed E-state index contributed by atoms with van der Waals surface area (Å²) in [5, 5.41) is 0. The summed E-state index contributed by atoms with van der Waals surface area (Å²) in [7, 11) is 2.25. The van der Waals surface area contributed by atoms with Crippen molar-refractivity contribution in [3.63, 3.8) is 0 Å². The smallest absolute Gasteiger partial charge is 0.128 e. The van der Waals surface area contributed by atoms with Crippen LogP contribution in [-0.4, -0.2) is 36.6 Å². The van der Waals surface area contributed by atoms with Crippen LogP contribution in [0.25, 0.3) is 0 Å². The Kier molecular flexibility index (Phi) is 3.74. The first-order valence-electron chi connectivity index (χ1n) is 7.67. The van der Waals surface area contributed by atoms with Crippen LogP contribution >= 0.6 is 0 Å². The lowest BCUT2D eigenvalue weighted by Gasteiger charge is -2.33. The predicted octanol–water partition coefficient (Wildman–Crippen LogP) is 3.15. The van der Waals surface area contributed by atoms with E-state index in [0.717, 1.165) is 0 Å². The van der Waals surface area contributed by atoms with Gasteiger partial charge in [-0.1, -0.05) is 6.42 Å². The molecule has 0 unspecified atom stereocenters. The Morgan fingerprint density at radius 3 is 2.53 bits per heavy atom. The molecular weight excluding hydrogens is 234 g/mol. The fourth-order valence-corrected chi connectivity index (χ4v) is 3.49. The summed E-state index contributed by atoms with van der Waals surface area (Å²) in [6, 6.07) is 2.87. The molecule has 0 spiro atoms. The standard InChI is InChI=1S/C16H25N3/c1-13-11-16(19-9-5-6-10-19)17-12-14(13)15-7-3-4-8-18(15)2/h11-12,15H,3-10H2,1-2H3/t15-/m1/s1. The third-order valence-electron chi connectivity index (χ3n) is 4.70. The second kappa shape index (κ2) is 5.49. The second-order valence-corrected chi connectivity index (χ2v) is 6.09. The van der Waals surface area contributed by atoms with E-state index in [1.807, 2.05) is 0 Å². The fraction of sp³-hybridized carbons (Fsp3) is 0.688. The highest BCUT2D eigenvalue weighted by atomic mass is 15.2. The van der Waals surface area contributed by atoms with E-state index >= 15 is 0 Å². The fourth-order valence-electron chi connectivity index (χ4n) is 3.49. The molecule has 1 aromatic heterocycles. The molecule has 0 amide bonds. The topological polar surface area (TPSA) is 19.4 Å². The molecule has 3 heterocycles. The Morgan fingerprint density at radius 2 is 1.84 bits per heavy atom. The van der Waals surface area contributed by atoms with Gasteiger partial charge in [0.15, 0.2) is 0 Å². The minimum atomic E-state index is 0.578. The first-order chi connectivity index (χ1) is 9.25. The van der Waals surface area contributed by atoms with Crippen LogP contribution in [0.3, 0.4) is 0 Å². The first kappa shape index (κ1) is 12.9. The lowest BCUT2D eigenvalue weighted by atomic mass is 9.94. The first-order valence-corrected chi connectivity index (χ1v) is 7.67. The number of nitrogens with zero attached hydrogens (tertiary/aromatic N) is 3. The Bertz CT molecular complexity index is 438. The Balaban J connectivity index is 1.82. The molecule has 0 saturated carbocycles. The Morgan fingerprint density at radius 1 is 1.11 bits per heavy atom. The molecule has 3 rings (SSSR count). The van der Waals surface area contributed by atoms with Crippen LogP contribution < -0.4 is 4.90 Å². The molecule has 1 aromatic rings. The van der Waals surface area contributed by atoms with Gasteiger partial charge >= 0.3 is 0 Å². The van der Waals surface area contributed by atoms with Crippen LogP contribution in [-0.2, 0) is 0 Å². The quantitative estimate of drug-likeness (QED) is 0.813. The summed E-state index contributed by atoms with van der Waals surface area (Å²) < 4.78 is 0. The molecule has 0 aliphatic carbocycles. The number of piperidine rings is 1. The maximum Gasteiger partial charge on any atom is 0.128 e. The van der Waals surface area contributed by atoms with Gasteiger partial charge in [0.2, 0.25) is 0 Å². The lowest BCUT2D eigenvalue weighted by Crippen LogP contribution is -2.30. The van der Waals surface area contributed by atoms with Gasteiger partial charge in [-0.15, -0.1) is 0 Å². The van der Waals surface area contributed by atoms with E-state index in [9.17, 15) is 0 Å². The highest BCUT2D eigenvalue weighted by molar-refractivity contribution is 5.44. The molecule has 1 atom stereocenters. The minimum absolute atomic E-state index is 0.578. The van der Waals surface area contributed by atoms with Gasteiger partial charge in [-0.3, -0.25) is 4.90 Å². The normalized spacial score (nSPS) is 24.9. The van der Waals surface area contributed by atoms with E-state index in [-0.39, 0.29) is 0 Å². The van der Waals surface area contributed by atoms with E-state index in [2.05, 4.69) is 36.0 Å². The van der Waals surface area contributed by atoms with Gasteiger partial charge in [0.25, 0.3) is 0 Å². The largest absolute Gasteiger partial charge is 0.357 e. The average Bonchev–Trinajstić information content (AvgIpc) is 2.94. The number of likely N-dealkylation sites (tertiary alicyclic amines) is 1. The molecule has 104 valence electrons. The molecule has 19 heavy (non-hydrogen) atoms. The van der Waals surface area contributed by atoms with Crippen molar-refractivity contribution in [3.05, 3.63) is 23.4 Å². The monoisotopic (exact) mass is 259 g/mol. The zero-order valence-electron chi connectivity index (χ0n) is 12.2. The highest BCUT2D eigenvalue weighted by Gasteiger charge is 2.23. The molecule has 2 fully saturated rings. The zero-order valence-corrected chi connectivity index (χ0v) is 12.2. The number of rotatable bonds is 2. The van der Waals surface area contributed by atoms with Gasteiger partial charge in [-0.25, -0.2) is 4.98 Å². The van der Waals surface area contributed by atoms with Crippen LogP contribution in [0, 0.1) is 6.92 Å². The van der Waals surface area contributed by atoms with Gasteiger partial charge in [0, 0.05) is 25.3 Å². The van der Waals surface area contributed by atoms with E-state index in [1.165, 1.54) is 68.7 Å². The second-order valence-electron chi connectivity index (χ2n) is 6.09.